The van der Waals surface area contributed by atoms with Gasteiger partial charge in [-0.2, -0.15) is 4.37 Å². The van der Waals surface area contributed by atoms with Crippen molar-refractivity contribution in [2.24, 2.45) is 0 Å². The first-order valence-electron chi connectivity index (χ1n) is 6.92. The Kier molecular flexibility index (Phi) is 4.34. The van der Waals surface area contributed by atoms with Crippen molar-refractivity contribution in [3.05, 3.63) is 48.5 Å². The first kappa shape index (κ1) is 15.2. The molecule has 116 valence electrons. The Labute approximate surface area is 137 Å². The van der Waals surface area contributed by atoms with Crippen LogP contribution in [0.4, 0.5) is 0 Å². The van der Waals surface area contributed by atoms with Crippen LogP contribution in [-0.4, -0.2) is 22.4 Å². The third-order valence-corrected chi connectivity index (χ3v) is 3.90. The maximum absolute atomic E-state index is 10.9. The zero-order valence-electron chi connectivity index (χ0n) is 12.6. The predicted molar refractivity (Wildman–Crippen MR) is 88.6 cm³/mol. The van der Waals surface area contributed by atoms with Crippen molar-refractivity contribution in [3.63, 3.8) is 0 Å². The molecule has 3 aromatic rings. The molecule has 0 radical (unpaired) electrons. The van der Waals surface area contributed by atoms with Gasteiger partial charge in [-0.3, -0.25) is 4.79 Å². The summed E-state index contributed by atoms with van der Waals surface area (Å²) < 4.78 is 14.5. The molecule has 0 saturated heterocycles. The summed E-state index contributed by atoms with van der Waals surface area (Å²) in [5.74, 6) is 1.62. The third-order valence-electron chi connectivity index (χ3n) is 3.14. The number of hydrogen-bond acceptors (Lipinski definition) is 6. The highest BCUT2D eigenvalue weighted by atomic mass is 32.1. The van der Waals surface area contributed by atoms with Crippen LogP contribution in [0.3, 0.4) is 0 Å². The van der Waals surface area contributed by atoms with Gasteiger partial charge in [0, 0.05) is 18.1 Å². The van der Waals surface area contributed by atoms with Crippen LogP contribution in [0.5, 0.6) is 11.5 Å². The first-order chi connectivity index (χ1) is 11.2. The monoisotopic (exact) mass is 326 g/mol. The Balaban J connectivity index is 1.81. The Morgan fingerprint density at radius 1 is 0.957 bits per heavy atom. The number of carbonyl (C=O) groups is 1. The second kappa shape index (κ2) is 6.58. The van der Waals surface area contributed by atoms with Gasteiger partial charge in [-0.15, -0.1) is 0 Å². The van der Waals surface area contributed by atoms with Crippen molar-refractivity contribution < 1.29 is 14.3 Å². The number of benzene rings is 2. The van der Waals surface area contributed by atoms with Crippen LogP contribution in [0, 0.1) is 0 Å². The molecule has 1 aromatic heterocycles. The number of hydrogen-bond donors (Lipinski definition) is 0. The number of esters is 1. The summed E-state index contributed by atoms with van der Waals surface area (Å²) in [6, 6.07) is 14.8. The zero-order chi connectivity index (χ0) is 16.2. The maximum Gasteiger partial charge on any atom is 0.308 e. The molecule has 0 aliphatic rings. The smallest absolute Gasteiger partial charge is 0.308 e. The lowest BCUT2D eigenvalue weighted by Gasteiger charge is -2.01. The highest BCUT2D eigenvalue weighted by molar-refractivity contribution is 7.09. The van der Waals surface area contributed by atoms with Crippen molar-refractivity contribution in [2.45, 2.75) is 6.92 Å². The molecule has 5 nitrogen and oxygen atoms in total. The Bertz CT molecular complexity index is 811. The average Bonchev–Trinajstić information content (AvgIpc) is 3.05. The Hall–Kier alpha value is -2.73. The average molecular weight is 326 g/mol. The lowest BCUT2D eigenvalue weighted by molar-refractivity contribution is -0.131. The molecule has 0 bridgehead atoms. The van der Waals surface area contributed by atoms with E-state index in [2.05, 4.69) is 9.36 Å². The van der Waals surface area contributed by atoms with E-state index in [4.69, 9.17) is 9.47 Å². The number of rotatable bonds is 4. The highest BCUT2D eigenvalue weighted by Crippen LogP contribution is 2.28. The molecule has 0 fully saturated rings. The van der Waals surface area contributed by atoms with E-state index in [0.29, 0.717) is 11.6 Å². The summed E-state index contributed by atoms with van der Waals surface area (Å²) in [6.07, 6.45) is 0. The van der Waals surface area contributed by atoms with E-state index in [1.807, 2.05) is 36.4 Å². The summed E-state index contributed by atoms with van der Waals surface area (Å²) in [6.45, 7) is 1.37. The van der Waals surface area contributed by atoms with Gasteiger partial charge < -0.3 is 9.47 Å². The van der Waals surface area contributed by atoms with E-state index in [0.717, 1.165) is 21.9 Å². The van der Waals surface area contributed by atoms with Gasteiger partial charge in [0.2, 0.25) is 0 Å². The molecule has 0 amide bonds. The van der Waals surface area contributed by atoms with Gasteiger partial charge in [-0.05, 0) is 60.1 Å². The van der Waals surface area contributed by atoms with E-state index in [1.54, 1.807) is 19.2 Å². The van der Waals surface area contributed by atoms with Crippen LogP contribution in [0.15, 0.2) is 48.5 Å². The minimum absolute atomic E-state index is 0.341. The number of nitrogens with zero attached hydrogens (tertiary/aromatic N) is 2. The number of ether oxygens (including phenoxy) is 2. The van der Waals surface area contributed by atoms with Crippen LogP contribution in [0.2, 0.25) is 0 Å². The summed E-state index contributed by atoms with van der Waals surface area (Å²) in [7, 11) is 1.64. The lowest BCUT2D eigenvalue weighted by Crippen LogP contribution is -2.00. The SMILES string of the molecule is COc1ccc(-c2nc(-c3ccc(OC(C)=O)cc3)ns2)cc1. The quantitative estimate of drug-likeness (QED) is 0.539. The van der Waals surface area contributed by atoms with Gasteiger partial charge in [-0.25, -0.2) is 4.98 Å². The van der Waals surface area contributed by atoms with E-state index in [1.165, 1.54) is 18.5 Å². The van der Waals surface area contributed by atoms with Gasteiger partial charge >= 0.3 is 5.97 Å². The molecule has 2 aromatic carbocycles. The third kappa shape index (κ3) is 3.54. The summed E-state index contributed by atoms with van der Waals surface area (Å²) in [4.78, 5) is 15.5. The second-order valence-corrected chi connectivity index (χ2v) is 5.52. The summed E-state index contributed by atoms with van der Waals surface area (Å²) in [5.41, 5.74) is 1.86. The van der Waals surface area contributed by atoms with Crippen molar-refractivity contribution >= 4 is 17.5 Å². The molecule has 0 aliphatic heterocycles. The Morgan fingerprint density at radius 3 is 2.17 bits per heavy atom. The van der Waals surface area contributed by atoms with E-state index in [9.17, 15) is 4.79 Å². The van der Waals surface area contributed by atoms with Crippen molar-refractivity contribution in [1.82, 2.24) is 9.36 Å². The van der Waals surface area contributed by atoms with Crippen molar-refractivity contribution in [3.8, 4) is 33.5 Å². The summed E-state index contributed by atoms with van der Waals surface area (Å²) in [5, 5.41) is 0.840. The molecule has 6 heteroatoms. The fourth-order valence-electron chi connectivity index (χ4n) is 2.03. The van der Waals surface area contributed by atoms with E-state index >= 15 is 0 Å². The summed E-state index contributed by atoms with van der Waals surface area (Å²) >= 11 is 1.34. The van der Waals surface area contributed by atoms with Crippen LogP contribution in [0.25, 0.3) is 22.0 Å². The Morgan fingerprint density at radius 2 is 1.57 bits per heavy atom. The molecule has 3 rings (SSSR count). The maximum atomic E-state index is 10.9. The van der Waals surface area contributed by atoms with Crippen LogP contribution in [0.1, 0.15) is 6.92 Å². The standard InChI is InChI=1S/C17H14N2O3S/c1-11(20)22-15-9-3-12(4-10-15)16-18-17(23-19-16)13-5-7-14(21-2)8-6-13/h3-10H,1-2H3. The van der Waals surface area contributed by atoms with Gasteiger partial charge in [0.05, 0.1) is 7.11 Å². The van der Waals surface area contributed by atoms with Crippen molar-refractivity contribution in [2.75, 3.05) is 7.11 Å². The number of carbonyl (C=O) groups excluding carboxylic acids is 1. The topological polar surface area (TPSA) is 61.3 Å². The van der Waals surface area contributed by atoms with Crippen molar-refractivity contribution in [1.29, 1.82) is 0 Å². The zero-order valence-corrected chi connectivity index (χ0v) is 13.5. The predicted octanol–water partition coefficient (Wildman–Crippen LogP) is 3.81. The molecule has 0 aliphatic carbocycles. The van der Waals surface area contributed by atoms with Crippen LogP contribution >= 0.6 is 11.5 Å². The molecule has 1 heterocycles. The molecule has 0 saturated carbocycles. The molecule has 23 heavy (non-hydrogen) atoms. The van der Waals surface area contributed by atoms with Crippen LogP contribution < -0.4 is 9.47 Å². The molecule has 0 atom stereocenters. The van der Waals surface area contributed by atoms with E-state index in [-0.39, 0.29) is 5.97 Å². The molecular formula is C17H14N2O3S. The first-order valence-corrected chi connectivity index (χ1v) is 7.70. The molecule has 0 unspecified atom stereocenters. The molecule has 0 spiro atoms. The minimum Gasteiger partial charge on any atom is -0.497 e. The van der Waals surface area contributed by atoms with Gasteiger partial charge in [0.1, 0.15) is 16.5 Å². The molecule has 0 N–H and O–H groups in total. The normalized spacial score (nSPS) is 10.3. The van der Waals surface area contributed by atoms with Gasteiger partial charge in [-0.1, -0.05) is 0 Å². The number of methoxy groups -OCH3 is 1. The van der Waals surface area contributed by atoms with Crippen LogP contribution in [-0.2, 0) is 4.79 Å². The lowest BCUT2D eigenvalue weighted by atomic mass is 10.2. The molecular weight excluding hydrogens is 312 g/mol. The second-order valence-electron chi connectivity index (χ2n) is 4.77. The van der Waals surface area contributed by atoms with Gasteiger partial charge in [0.25, 0.3) is 0 Å². The number of aromatic nitrogens is 2. The minimum atomic E-state index is -0.341. The highest BCUT2D eigenvalue weighted by Gasteiger charge is 2.09. The van der Waals surface area contributed by atoms with Gasteiger partial charge in [0.15, 0.2) is 5.82 Å². The fraction of sp³-hybridized carbons (Fsp3) is 0.118. The largest absolute Gasteiger partial charge is 0.497 e. The van der Waals surface area contributed by atoms with E-state index < -0.39 is 0 Å². The fourth-order valence-corrected chi connectivity index (χ4v) is 2.72.